The smallest absolute Gasteiger partial charge is 0.243 e. The third-order valence-electron chi connectivity index (χ3n) is 16.5. The van der Waals surface area contributed by atoms with Crippen LogP contribution in [0.4, 0.5) is 0 Å². The lowest BCUT2D eigenvalue weighted by Crippen LogP contribution is -2.53. The van der Waals surface area contributed by atoms with Crippen LogP contribution in [0.25, 0.3) is 0 Å². The van der Waals surface area contributed by atoms with Crippen LogP contribution < -0.4 is 49.9 Å². The first-order valence-electron chi connectivity index (χ1n) is 35.6. The third-order valence-corrected chi connectivity index (χ3v) is 16.5. The summed E-state index contributed by atoms with van der Waals surface area (Å²) in [5.41, 5.74) is 27.4. The van der Waals surface area contributed by atoms with Crippen molar-refractivity contribution in [3.8, 4) is 0 Å². The Bertz CT molecular complexity index is 1650. The minimum Gasteiger partial charge on any atom is -0.370 e. The molecule has 2 atom stereocenters. The van der Waals surface area contributed by atoms with Crippen molar-refractivity contribution in [2.24, 2.45) is 38.7 Å². The van der Waals surface area contributed by atoms with Crippen molar-refractivity contribution in [3.05, 3.63) is 0 Å². The number of aliphatic imine (C=N–C) groups is 2. The molecule has 0 heterocycles. The van der Waals surface area contributed by atoms with Crippen molar-refractivity contribution in [2.45, 2.75) is 347 Å². The lowest BCUT2D eigenvalue weighted by molar-refractivity contribution is -0.135. The molecule has 0 rings (SSSR count). The van der Waals surface area contributed by atoms with Crippen molar-refractivity contribution in [1.29, 1.82) is 0 Å². The molecule has 0 aromatic rings. The standard InChI is InChI=1S/C68H134N12O6/c1-3-5-7-9-11-13-15-17-19-21-23-25-27-29-31-33-35-37-39-41-43-49-61(81)74-55-57-80(58-56-75-62(82)50-44-42-40-38-36-34-32-30-28-26-24-22-20-18-16-14-12-10-8-6-4-2)64(84)52-51-63(83)78-60(48-46-54-77-68(72)73)66(86)79-59(65(69)85)47-45-53-76-67(70)71/h59-60H,3-58H2,1-2H3,(H2,69,85)(H,74,81)(H,75,82)(H,78,83)(H,79,86)(H4,70,71,76)(H4,72,73,77)/t59-,60-/m0/s1. The highest BCUT2D eigenvalue weighted by Crippen LogP contribution is 2.18. The predicted octanol–water partition coefficient (Wildman–Crippen LogP) is 12.6. The van der Waals surface area contributed by atoms with E-state index in [9.17, 15) is 28.8 Å². The summed E-state index contributed by atoms with van der Waals surface area (Å²) in [5.74, 6) is -2.63. The average molecular weight is 1220 g/mol. The van der Waals surface area contributed by atoms with Gasteiger partial charge in [-0.3, -0.25) is 38.8 Å². The topological polar surface area (TPSA) is 309 Å². The quantitative estimate of drug-likeness (QED) is 0.0157. The van der Waals surface area contributed by atoms with Crippen LogP contribution in [-0.4, -0.2) is 104 Å². The van der Waals surface area contributed by atoms with E-state index in [0.717, 1.165) is 38.5 Å². The first-order valence-corrected chi connectivity index (χ1v) is 35.6. The highest BCUT2D eigenvalue weighted by Gasteiger charge is 2.26. The fraction of sp³-hybridized carbons (Fsp3) is 0.882. The molecule has 0 fully saturated rings. The number of amides is 6. The monoisotopic (exact) mass is 1220 g/mol. The maximum absolute atomic E-state index is 13.8. The molecule has 86 heavy (non-hydrogen) atoms. The SMILES string of the molecule is CCCCCCCCCCCCCCCCCCCCCCCC(=O)NCCN(CCNC(=O)CCCCCCCCCCCCCCCCCCCCCCC)C(=O)CCC(=O)N[C@@H](CCCN=C(N)N)C(=O)N[C@@H](CCCN=C(N)N)C(N)=O. The second-order valence-electron chi connectivity index (χ2n) is 24.7. The number of unbranched alkanes of at least 4 members (excludes halogenated alkanes) is 40. The Labute approximate surface area is 525 Å². The third kappa shape index (κ3) is 57.1. The van der Waals surface area contributed by atoms with Crippen molar-refractivity contribution < 1.29 is 28.8 Å². The Morgan fingerprint density at radius 1 is 0.337 bits per heavy atom. The van der Waals surface area contributed by atoms with Crippen molar-refractivity contribution in [2.75, 3.05) is 39.3 Å². The molecule has 0 radical (unpaired) electrons. The van der Waals surface area contributed by atoms with Crippen LogP contribution in [0.1, 0.15) is 335 Å². The molecule has 502 valence electrons. The van der Waals surface area contributed by atoms with Crippen molar-refractivity contribution in [3.63, 3.8) is 0 Å². The highest BCUT2D eigenvalue weighted by atomic mass is 16.2. The van der Waals surface area contributed by atoms with E-state index in [2.05, 4.69) is 45.1 Å². The van der Waals surface area contributed by atoms with Gasteiger partial charge in [0.15, 0.2) is 11.9 Å². The number of carbonyl (C=O) groups excluding carboxylic acids is 6. The van der Waals surface area contributed by atoms with Crippen LogP contribution in [0, 0.1) is 0 Å². The molecule has 0 unspecified atom stereocenters. The summed E-state index contributed by atoms with van der Waals surface area (Å²) >= 11 is 0. The Hall–Kier alpha value is -4.64. The van der Waals surface area contributed by atoms with Gasteiger partial charge < -0.3 is 54.8 Å². The van der Waals surface area contributed by atoms with Gasteiger partial charge in [0.25, 0.3) is 0 Å². The van der Waals surface area contributed by atoms with Crippen LogP contribution in [0.15, 0.2) is 9.98 Å². The highest BCUT2D eigenvalue weighted by molar-refractivity contribution is 5.92. The van der Waals surface area contributed by atoms with Crippen LogP contribution in [0.2, 0.25) is 0 Å². The molecule has 0 aliphatic heterocycles. The lowest BCUT2D eigenvalue weighted by Gasteiger charge is -2.24. The Balaban J connectivity index is 4.94. The van der Waals surface area contributed by atoms with Gasteiger partial charge in [-0.25, -0.2) is 0 Å². The Morgan fingerprint density at radius 3 is 0.919 bits per heavy atom. The summed E-state index contributed by atoms with van der Waals surface area (Å²) in [6.45, 7) is 5.84. The number of guanidine groups is 2. The number of hydrogen-bond donors (Lipinski definition) is 9. The predicted molar refractivity (Wildman–Crippen MR) is 359 cm³/mol. The Kier molecular flexibility index (Phi) is 58.6. The zero-order valence-corrected chi connectivity index (χ0v) is 55.4. The van der Waals surface area contributed by atoms with Crippen LogP contribution in [0.5, 0.6) is 0 Å². The molecule has 0 aromatic heterocycles. The van der Waals surface area contributed by atoms with Gasteiger partial charge >= 0.3 is 0 Å². The molecule has 18 heteroatoms. The van der Waals surface area contributed by atoms with E-state index in [0.29, 0.717) is 25.7 Å². The maximum Gasteiger partial charge on any atom is 0.243 e. The van der Waals surface area contributed by atoms with Gasteiger partial charge in [0.1, 0.15) is 12.1 Å². The number of nitrogens with two attached hydrogens (primary N) is 5. The van der Waals surface area contributed by atoms with Crippen LogP contribution in [-0.2, 0) is 28.8 Å². The zero-order chi connectivity index (χ0) is 63.2. The summed E-state index contributed by atoms with van der Waals surface area (Å²) in [6.07, 6.45) is 56.2. The average Bonchev–Trinajstić information content (AvgIpc) is 3.68. The van der Waals surface area contributed by atoms with E-state index in [1.54, 1.807) is 4.90 Å². The molecule has 18 nitrogen and oxygen atoms in total. The fourth-order valence-corrected chi connectivity index (χ4v) is 11.1. The summed E-state index contributed by atoms with van der Waals surface area (Å²) in [5, 5.41) is 11.3. The van der Waals surface area contributed by atoms with Gasteiger partial charge in [0.2, 0.25) is 35.4 Å². The second-order valence-corrected chi connectivity index (χ2v) is 24.7. The number of nitrogens with one attached hydrogen (secondary N) is 4. The summed E-state index contributed by atoms with van der Waals surface area (Å²) in [6, 6.07) is -2.13. The summed E-state index contributed by atoms with van der Waals surface area (Å²) < 4.78 is 0. The molecule has 0 saturated heterocycles. The van der Waals surface area contributed by atoms with Gasteiger partial charge in [-0.2, -0.15) is 0 Å². The number of nitrogens with zero attached hydrogens (tertiary/aromatic N) is 3. The van der Waals surface area contributed by atoms with Gasteiger partial charge in [-0.05, 0) is 38.5 Å². The number of hydrogen-bond acceptors (Lipinski definition) is 8. The molecule has 0 bridgehead atoms. The Morgan fingerprint density at radius 2 is 0.628 bits per heavy atom. The second kappa shape index (κ2) is 62.0. The fourth-order valence-electron chi connectivity index (χ4n) is 11.1. The van der Waals surface area contributed by atoms with Gasteiger partial charge in [-0.15, -0.1) is 0 Å². The van der Waals surface area contributed by atoms with E-state index in [4.69, 9.17) is 28.7 Å². The van der Waals surface area contributed by atoms with Gasteiger partial charge in [0.05, 0.1) is 0 Å². The van der Waals surface area contributed by atoms with Crippen molar-refractivity contribution in [1.82, 2.24) is 26.2 Å². The van der Waals surface area contributed by atoms with Gasteiger partial charge in [0, 0.05) is 65.0 Å². The van der Waals surface area contributed by atoms with Crippen LogP contribution in [0.3, 0.4) is 0 Å². The van der Waals surface area contributed by atoms with Crippen molar-refractivity contribution >= 4 is 47.4 Å². The number of primary amides is 1. The van der Waals surface area contributed by atoms with Crippen LogP contribution >= 0.6 is 0 Å². The summed E-state index contributed by atoms with van der Waals surface area (Å²) in [4.78, 5) is 88.1. The molecule has 0 spiro atoms. The minimum absolute atomic E-state index is 0.0654. The lowest BCUT2D eigenvalue weighted by atomic mass is 10.0. The van der Waals surface area contributed by atoms with E-state index in [-0.39, 0.29) is 94.6 Å². The molecular weight excluding hydrogens is 1080 g/mol. The molecular formula is C68H134N12O6. The molecule has 0 aromatic carbocycles. The first kappa shape index (κ1) is 81.4. The van der Waals surface area contributed by atoms with E-state index in [1.807, 2.05) is 0 Å². The maximum atomic E-state index is 13.8. The molecule has 0 saturated carbocycles. The van der Waals surface area contributed by atoms with E-state index in [1.165, 1.54) is 231 Å². The van der Waals surface area contributed by atoms with E-state index < -0.39 is 29.8 Å². The minimum atomic E-state index is -1.08. The normalized spacial score (nSPS) is 11.8. The first-order chi connectivity index (χ1) is 41.8. The molecule has 0 aliphatic carbocycles. The summed E-state index contributed by atoms with van der Waals surface area (Å²) in [7, 11) is 0. The number of carbonyl (C=O) groups is 6. The number of rotatable bonds is 65. The largest absolute Gasteiger partial charge is 0.370 e. The molecule has 0 aliphatic rings. The van der Waals surface area contributed by atoms with Gasteiger partial charge in [-0.1, -0.05) is 271 Å². The molecule has 6 amide bonds. The van der Waals surface area contributed by atoms with E-state index >= 15 is 0 Å². The zero-order valence-electron chi connectivity index (χ0n) is 55.4. The molecule has 14 N–H and O–H groups in total.